The average molecular weight is 449 g/mol. The molecule has 2 aromatic carbocycles. The van der Waals surface area contributed by atoms with Gasteiger partial charge in [0.25, 0.3) is 0 Å². The van der Waals surface area contributed by atoms with Gasteiger partial charge in [-0.05, 0) is 87.3 Å². The molecule has 2 fully saturated rings. The van der Waals surface area contributed by atoms with Gasteiger partial charge in [0, 0.05) is 0 Å². The number of ether oxygens (including phenoxy) is 2. The molecule has 2 saturated heterocycles. The molecule has 3 N–H and O–H groups in total. The van der Waals surface area contributed by atoms with Gasteiger partial charge in [-0.25, -0.2) is 4.39 Å². The molecule has 0 radical (unpaired) electrons. The quantitative estimate of drug-likeness (QED) is 0.620. The number of rotatable bonds is 5. The second-order valence-electron chi connectivity index (χ2n) is 7.35. The van der Waals surface area contributed by atoms with E-state index in [2.05, 4.69) is 10.6 Å². The molecule has 0 amide bonds. The molecule has 0 unspecified atom stereocenters. The van der Waals surface area contributed by atoms with Crippen LogP contribution in [0.15, 0.2) is 48.5 Å². The zero-order valence-electron chi connectivity index (χ0n) is 19.9. The minimum atomic E-state index is -0.194. The third-order valence-corrected chi connectivity index (χ3v) is 4.96. The molecule has 2 aliphatic heterocycles. The molecule has 0 aliphatic carbocycles. The van der Waals surface area contributed by atoms with E-state index in [1.165, 1.54) is 38.1 Å². The van der Waals surface area contributed by atoms with E-state index >= 15 is 0 Å². The standard InChI is InChI=1S/C12H16FNO.C8H10O2.C4H9N.C2H6/c13-11-3-1-10(2-4-11)9-15-12-5-7-14-8-6-12;1-10-8-4-2-3-7(5-8)6-9;1-2-4-5-3-1;1-2/h1-4,12,14H,5-9H2;2-5,9H,6H2,1H3;5H,1-4H2;1-2H3. The van der Waals surface area contributed by atoms with Crippen LogP contribution < -0.4 is 15.4 Å². The van der Waals surface area contributed by atoms with E-state index in [-0.39, 0.29) is 12.4 Å². The summed E-state index contributed by atoms with van der Waals surface area (Å²) in [6.45, 7) is 9.23. The van der Waals surface area contributed by atoms with Crippen LogP contribution in [0.1, 0.15) is 50.7 Å². The molecule has 4 rings (SSSR count). The monoisotopic (exact) mass is 448 g/mol. The van der Waals surface area contributed by atoms with Crippen molar-refractivity contribution in [3.8, 4) is 5.75 Å². The topological polar surface area (TPSA) is 62.8 Å². The maximum atomic E-state index is 12.6. The van der Waals surface area contributed by atoms with E-state index in [0.717, 1.165) is 42.8 Å². The van der Waals surface area contributed by atoms with Crippen LogP contribution in [-0.2, 0) is 18.0 Å². The summed E-state index contributed by atoms with van der Waals surface area (Å²) < 4.78 is 23.3. The second-order valence-corrected chi connectivity index (χ2v) is 7.35. The summed E-state index contributed by atoms with van der Waals surface area (Å²) >= 11 is 0. The summed E-state index contributed by atoms with van der Waals surface area (Å²) in [5.41, 5.74) is 1.91. The fraction of sp³-hybridized carbons (Fsp3) is 0.538. The summed E-state index contributed by atoms with van der Waals surface area (Å²) in [6.07, 6.45) is 5.28. The average Bonchev–Trinajstić information content (AvgIpc) is 3.46. The highest BCUT2D eigenvalue weighted by Crippen LogP contribution is 2.12. The van der Waals surface area contributed by atoms with Gasteiger partial charge >= 0.3 is 0 Å². The van der Waals surface area contributed by atoms with Crippen molar-refractivity contribution in [1.29, 1.82) is 0 Å². The first-order valence-corrected chi connectivity index (χ1v) is 11.7. The summed E-state index contributed by atoms with van der Waals surface area (Å²) in [7, 11) is 1.61. The lowest BCUT2D eigenvalue weighted by Crippen LogP contribution is -2.32. The molecule has 0 saturated carbocycles. The van der Waals surface area contributed by atoms with Gasteiger partial charge in [0.05, 0.1) is 26.4 Å². The number of halogens is 1. The van der Waals surface area contributed by atoms with Gasteiger partial charge in [-0.3, -0.25) is 0 Å². The third-order valence-electron chi connectivity index (χ3n) is 4.96. The smallest absolute Gasteiger partial charge is 0.123 e. The van der Waals surface area contributed by atoms with Crippen LogP contribution in [0.4, 0.5) is 4.39 Å². The lowest BCUT2D eigenvalue weighted by atomic mass is 10.1. The molecule has 0 spiro atoms. The van der Waals surface area contributed by atoms with E-state index in [1.54, 1.807) is 25.3 Å². The summed E-state index contributed by atoms with van der Waals surface area (Å²) in [5, 5.41) is 15.2. The highest BCUT2D eigenvalue weighted by Gasteiger charge is 2.12. The predicted octanol–water partition coefficient (Wildman–Crippen LogP) is 4.68. The Bertz CT molecular complexity index is 661. The Morgan fingerprint density at radius 3 is 2.06 bits per heavy atom. The second kappa shape index (κ2) is 18.6. The van der Waals surface area contributed by atoms with Gasteiger partial charge < -0.3 is 25.2 Å². The summed E-state index contributed by atoms with van der Waals surface area (Å²) in [4.78, 5) is 0. The number of aliphatic hydroxyl groups excluding tert-OH is 1. The first-order chi connectivity index (χ1) is 15.7. The zero-order chi connectivity index (χ0) is 23.4. The fourth-order valence-electron chi connectivity index (χ4n) is 3.15. The fourth-order valence-corrected chi connectivity index (χ4v) is 3.15. The van der Waals surface area contributed by atoms with E-state index in [0.29, 0.717) is 12.7 Å². The van der Waals surface area contributed by atoms with Crippen molar-refractivity contribution in [3.63, 3.8) is 0 Å². The van der Waals surface area contributed by atoms with E-state index in [9.17, 15) is 4.39 Å². The largest absolute Gasteiger partial charge is 0.497 e. The number of nitrogens with one attached hydrogen (secondary N) is 2. The summed E-state index contributed by atoms with van der Waals surface area (Å²) in [6, 6.07) is 13.8. The van der Waals surface area contributed by atoms with Gasteiger partial charge in [-0.2, -0.15) is 0 Å². The van der Waals surface area contributed by atoms with Crippen LogP contribution in [0.25, 0.3) is 0 Å². The van der Waals surface area contributed by atoms with Gasteiger partial charge in [-0.1, -0.05) is 38.1 Å². The van der Waals surface area contributed by atoms with Gasteiger partial charge in [0.15, 0.2) is 0 Å². The van der Waals surface area contributed by atoms with Crippen molar-refractivity contribution in [1.82, 2.24) is 10.6 Å². The highest BCUT2D eigenvalue weighted by molar-refractivity contribution is 5.27. The molecule has 180 valence electrons. The minimum absolute atomic E-state index is 0.0667. The molecule has 32 heavy (non-hydrogen) atoms. The van der Waals surface area contributed by atoms with Crippen molar-refractivity contribution in [2.24, 2.45) is 0 Å². The van der Waals surface area contributed by atoms with Crippen molar-refractivity contribution in [2.75, 3.05) is 33.3 Å². The summed E-state index contributed by atoms with van der Waals surface area (Å²) in [5.74, 6) is 0.590. The number of piperidine rings is 1. The van der Waals surface area contributed by atoms with Crippen LogP contribution in [0.3, 0.4) is 0 Å². The molecule has 0 aromatic heterocycles. The highest BCUT2D eigenvalue weighted by atomic mass is 19.1. The van der Waals surface area contributed by atoms with E-state index in [1.807, 2.05) is 32.0 Å². The van der Waals surface area contributed by atoms with Crippen LogP contribution in [0, 0.1) is 5.82 Å². The lowest BCUT2D eigenvalue weighted by Gasteiger charge is -2.22. The SMILES string of the molecule is C1CCNC1.CC.COc1cccc(CO)c1.Fc1ccc(COC2CCNCC2)cc1. The van der Waals surface area contributed by atoms with Crippen LogP contribution in [0.5, 0.6) is 5.75 Å². The number of benzene rings is 2. The maximum absolute atomic E-state index is 12.6. The van der Waals surface area contributed by atoms with Crippen molar-refractivity contribution < 1.29 is 19.0 Å². The van der Waals surface area contributed by atoms with Crippen LogP contribution in [0.2, 0.25) is 0 Å². The van der Waals surface area contributed by atoms with Crippen molar-refractivity contribution in [3.05, 3.63) is 65.5 Å². The number of hydrogen-bond donors (Lipinski definition) is 3. The minimum Gasteiger partial charge on any atom is -0.497 e. The normalized spacial score (nSPS) is 15.3. The number of hydrogen-bond acceptors (Lipinski definition) is 5. The molecule has 2 aromatic rings. The predicted molar refractivity (Wildman–Crippen MR) is 129 cm³/mol. The van der Waals surface area contributed by atoms with Gasteiger partial charge in [0.1, 0.15) is 11.6 Å². The van der Waals surface area contributed by atoms with E-state index in [4.69, 9.17) is 14.6 Å². The Kier molecular flexibility index (Phi) is 16.3. The third kappa shape index (κ3) is 12.8. The number of methoxy groups -OCH3 is 1. The van der Waals surface area contributed by atoms with Gasteiger partial charge in [0.2, 0.25) is 0 Å². The van der Waals surface area contributed by atoms with Crippen LogP contribution >= 0.6 is 0 Å². The van der Waals surface area contributed by atoms with Crippen molar-refractivity contribution >= 4 is 0 Å². The lowest BCUT2D eigenvalue weighted by molar-refractivity contribution is 0.0212. The maximum Gasteiger partial charge on any atom is 0.123 e. The molecular formula is C26H41FN2O3. The Hall–Kier alpha value is -1.99. The Morgan fingerprint density at radius 1 is 0.906 bits per heavy atom. The first kappa shape index (κ1) is 28.0. The Labute approximate surface area is 193 Å². The van der Waals surface area contributed by atoms with Gasteiger partial charge in [-0.15, -0.1) is 0 Å². The Balaban J connectivity index is 0.000000258. The van der Waals surface area contributed by atoms with Crippen molar-refractivity contribution in [2.45, 2.75) is 58.8 Å². The first-order valence-electron chi connectivity index (χ1n) is 11.7. The molecular weight excluding hydrogens is 407 g/mol. The Morgan fingerprint density at radius 2 is 1.53 bits per heavy atom. The molecule has 2 aliphatic rings. The zero-order valence-corrected chi connectivity index (χ0v) is 19.9. The molecule has 6 heteroatoms. The molecule has 5 nitrogen and oxygen atoms in total. The number of aliphatic hydroxyl groups is 1. The molecule has 2 heterocycles. The van der Waals surface area contributed by atoms with Crippen LogP contribution in [-0.4, -0.2) is 44.5 Å². The van der Waals surface area contributed by atoms with E-state index < -0.39 is 0 Å². The molecule has 0 bridgehead atoms. The molecule has 0 atom stereocenters.